The molecular formula is C13H21ClN2O2. The molecule has 102 valence electrons. The fourth-order valence-corrected chi connectivity index (χ4v) is 1.85. The lowest BCUT2D eigenvalue weighted by Gasteiger charge is -2.18. The van der Waals surface area contributed by atoms with E-state index in [1.54, 1.807) is 18.2 Å². The molecular weight excluding hydrogens is 252 g/mol. The van der Waals surface area contributed by atoms with Crippen LogP contribution in [0.25, 0.3) is 0 Å². The number of benzene rings is 1. The molecule has 18 heavy (non-hydrogen) atoms. The fourth-order valence-electron chi connectivity index (χ4n) is 1.85. The number of anilines is 1. The minimum absolute atomic E-state index is 0. The van der Waals surface area contributed by atoms with Crippen LogP contribution in [0.3, 0.4) is 0 Å². The van der Waals surface area contributed by atoms with E-state index in [0.29, 0.717) is 17.7 Å². The lowest BCUT2D eigenvalue weighted by atomic mass is 10.0. The first-order chi connectivity index (χ1) is 8.08. The third kappa shape index (κ3) is 4.55. The van der Waals surface area contributed by atoms with Crippen LogP contribution in [0.2, 0.25) is 0 Å². The van der Waals surface area contributed by atoms with E-state index in [1.807, 2.05) is 0 Å². The first-order valence-electron chi connectivity index (χ1n) is 5.92. The molecule has 1 aromatic carbocycles. The zero-order chi connectivity index (χ0) is 12.8. The summed E-state index contributed by atoms with van der Waals surface area (Å²) in [6, 6.07) is 4.96. The molecule has 0 saturated heterocycles. The first-order valence-corrected chi connectivity index (χ1v) is 5.92. The number of aromatic carboxylic acids is 1. The molecule has 0 aliphatic heterocycles. The Balaban J connectivity index is 0.00000289. The normalized spacial score (nSPS) is 10.2. The number of likely N-dealkylation sites (N-methyl/N-ethyl adjacent to an activating group) is 1. The third-order valence-electron chi connectivity index (χ3n) is 2.95. The number of carboxylic acid groups (broad SMARTS) is 1. The lowest BCUT2D eigenvalue weighted by Crippen LogP contribution is -2.25. The minimum atomic E-state index is -0.889. The second kappa shape index (κ2) is 7.95. The summed E-state index contributed by atoms with van der Waals surface area (Å²) < 4.78 is 0. The zero-order valence-corrected chi connectivity index (χ0v) is 11.7. The van der Waals surface area contributed by atoms with Crippen LogP contribution < -0.4 is 5.73 Å². The summed E-state index contributed by atoms with van der Waals surface area (Å²) in [6.07, 6.45) is 0.717. The number of nitrogens with two attached hydrogens (primary N) is 1. The van der Waals surface area contributed by atoms with Gasteiger partial charge >= 0.3 is 5.97 Å². The standard InChI is InChI=1S/C13H20N2O2.ClH/c1-3-15(4-2)8-7-10-9-11(14)5-6-12(10)13(16)17;/h5-6,9H,3-4,7-8,14H2,1-2H3,(H,16,17);1H. The van der Waals surface area contributed by atoms with Crippen LogP contribution in [-0.4, -0.2) is 35.6 Å². The van der Waals surface area contributed by atoms with Crippen molar-refractivity contribution in [2.45, 2.75) is 20.3 Å². The predicted molar refractivity (Wildman–Crippen MR) is 76.6 cm³/mol. The molecule has 1 rings (SSSR count). The van der Waals surface area contributed by atoms with Crippen LogP contribution in [0.15, 0.2) is 18.2 Å². The highest BCUT2D eigenvalue weighted by molar-refractivity contribution is 5.90. The number of nitrogens with zero attached hydrogens (tertiary/aromatic N) is 1. The Labute approximate surface area is 114 Å². The number of carboxylic acids is 1. The van der Waals surface area contributed by atoms with E-state index in [9.17, 15) is 4.79 Å². The van der Waals surface area contributed by atoms with E-state index in [0.717, 1.165) is 25.2 Å². The third-order valence-corrected chi connectivity index (χ3v) is 2.95. The number of hydrogen-bond donors (Lipinski definition) is 2. The first kappa shape index (κ1) is 16.7. The Hall–Kier alpha value is -1.26. The van der Waals surface area contributed by atoms with E-state index < -0.39 is 5.97 Å². The Kier molecular flexibility index (Phi) is 7.39. The Bertz CT molecular complexity index is 393. The molecule has 0 fully saturated rings. The Morgan fingerprint density at radius 3 is 2.44 bits per heavy atom. The maximum atomic E-state index is 11.1. The molecule has 3 N–H and O–H groups in total. The topological polar surface area (TPSA) is 66.6 Å². The molecule has 0 saturated carbocycles. The zero-order valence-electron chi connectivity index (χ0n) is 10.8. The number of halogens is 1. The molecule has 0 aliphatic carbocycles. The van der Waals surface area contributed by atoms with Gasteiger partial charge in [-0.25, -0.2) is 4.79 Å². The molecule has 0 unspecified atom stereocenters. The van der Waals surface area contributed by atoms with E-state index in [1.165, 1.54) is 0 Å². The van der Waals surface area contributed by atoms with Crippen molar-refractivity contribution in [2.24, 2.45) is 0 Å². The van der Waals surface area contributed by atoms with Gasteiger partial charge in [0, 0.05) is 12.2 Å². The van der Waals surface area contributed by atoms with Gasteiger partial charge in [-0.2, -0.15) is 0 Å². The SMILES string of the molecule is CCN(CC)CCc1cc(N)ccc1C(=O)O.Cl. The molecule has 0 heterocycles. The highest BCUT2D eigenvalue weighted by Crippen LogP contribution is 2.15. The number of carbonyl (C=O) groups is 1. The molecule has 0 bridgehead atoms. The number of nitrogen functional groups attached to an aromatic ring is 1. The second-order valence-electron chi connectivity index (χ2n) is 4.00. The van der Waals surface area contributed by atoms with Gasteiger partial charge in [0.15, 0.2) is 0 Å². The van der Waals surface area contributed by atoms with E-state index in [2.05, 4.69) is 18.7 Å². The monoisotopic (exact) mass is 272 g/mol. The summed E-state index contributed by atoms with van der Waals surface area (Å²) in [5.74, 6) is -0.889. The van der Waals surface area contributed by atoms with Crippen molar-refractivity contribution in [1.29, 1.82) is 0 Å². The summed E-state index contributed by atoms with van der Waals surface area (Å²) in [5.41, 5.74) is 7.47. The maximum absolute atomic E-state index is 11.1. The molecule has 0 aromatic heterocycles. The molecule has 0 aliphatic rings. The molecule has 1 aromatic rings. The summed E-state index contributed by atoms with van der Waals surface area (Å²) in [7, 11) is 0. The quantitative estimate of drug-likeness (QED) is 0.780. The molecule has 5 heteroatoms. The largest absolute Gasteiger partial charge is 0.478 e. The average molecular weight is 273 g/mol. The highest BCUT2D eigenvalue weighted by atomic mass is 35.5. The van der Waals surface area contributed by atoms with Crippen LogP contribution >= 0.6 is 12.4 Å². The molecule has 0 atom stereocenters. The highest BCUT2D eigenvalue weighted by Gasteiger charge is 2.10. The summed E-state index contributed by atoms with van der Waals surface area (Å²) >= 11 is 0. The van der Waals surface area contributed by atoms with Crippen molar-refractivity contribution < 1.29 is 9.90 Å². The summed E-state index contributed by atoms with van der Waals surface area (Å²) in [4.78, 5) is 13.3. The van der Waals surface area contributed by atoms with Crippen LogP contribution in [0.4, 0.5) is 5.69 Å². The lowest BCUT2D eigenvalue weighted by molar-refractivity contribution is 0.0695. The Morgan fingerprint density at radius 2 is 1.94 bits per heavy atom. The average Bonchev–Trinajstić information content (AvgIpc) is 2.30. The van der Waals surface area contributed by atoms with Crippen LogP contribution in [0, 0.1) is 0 Å². The van der Waals surface area contributed by atoms with E-state index >= 15 is 0 Å². The van der Waals surface area contributed by atoms with Crippen LogP contribution in [0.1, 0.15) is 29.8 Å². The van der Waals surface area contributed by atoms with Gasteiger partial charge in [-0.05, 0) is 43.3 Å². The van der Waals surface area contributed by atoms with Gasteiger partial charge in [-0.3, -0.25) is 0 Å². The van der Waals surface area contributed by atoms with Crippen molar-refractivity contribution >= 4 is 24.1 Å². The van der Waals surface area contributed by atoms with Gasteiger partial charge in [-0.15, -0.1) is 12.4 Å². The van der Waals surface area contributed by atoms with Crippen LogP contribution in [0.5, 0.6) is 0 Å². The van der Waals surface area contributed by atoms with Crippen molar-refractivity contribution in [3.8, 4) is 0 Å². The van der Waals surface area contributed by atoms with E-state index in [4.69, 9.17) is 10.8 Å². The van der Waals surface area contributed by atoms with Gasteiger partial charge in [0.2, 0.25) is 0 Å². The molecule has 0 amide bonds. The number of hydrogen-bond acceptors (Lipinski definition) is 3. The van der Waals surface area contributed by atoms with Crippen molar-refractivity contribution in [2.75, 3.05) is 25.4 Å². The van der Waals surface area contributed by atoms with Crippen molar-refractivity contribution in [3.05, 3.63) is 29.3 Å². The minimum Gasteiger partial charge on any atom is -0.478 e. The van der Waals surface area contributed by atoms with Gasteiger partial charge in [0.05, 0.1) is 5.56 Å². The van der Waals surface area contributed by atoms with Gasteiger partial charge < -0.3 is 15.7 Å². The fraction of sp³-hybridized carbons (Fsp3) is 0.462. The molecule has 0 radical (unpaired) electrons. The van der Waals surface area contributed by atoms with Gasteiger partial charge in [-0.1, -0.05) is 13.8 Å². The molecule has 0 spiro atoms. The number of rotatable bonds is 6. The maximum Gasteiger partial charge on any atom is 0.335 e. The summed E-state index contributed by atoms with van der Waals surface area (Å²) in [5, 5.41) is 9.08. The second-order valence-corrected chi connectivity index (χ2v) is 4.00. The van der Waals surface area contributed by atoms with E-state index in [-0.39, 0.29) is 12.4 Å². The van der Waals surface area contributed by atoms with Crippen molar-refractivity contribution in [3.63, 3.8) is 0 Å². The van der Waals surface area contributed by atoms with Gasteiger partial charge in [0.1, 0.15) is 0 Å². The Morgan fingerprint density at radius 1 is 1.33 bits per heavy atom. The molecule has 4 nitrogen and oxygen atoms in total. The van der Waals surface area contributed by atoms with Crippen LogP contribution in [-0.2, 0) is 6.42 Å². The smallest absolute Gasteiger partial charge is 0.335 e. The predicted octanol–water partition coefficient (Wildman–Crippen LogP) is 2.27. The van der Waals surface area contributed by atoms with Crippen molar-refractivity contribution in [1.82, 2.24) is 4.90 Å². The van der Waals surface area contributed by atoms with Gasteiger partial charge in [0.25, 0.3) is 0 Å². The summed E-state index contributed by atoms with van der Waals surface area (Å²) in [6.45, 7) is 7.00.